The number of allylic oxidation sites excluding steroid dienone is 4. The lowest BCUT2D eigenvalue weighted by Crippen LogP contribution is -2.37. The van der Waals surface area contributed by atoms with Crippen molar-refractivity contribution >= 4 is 7.82 Å². The molecule has 0 spiro atoms. The van der Waals surface area contributed by atoms with Gasteiger partial charge < -0.3 is 63.8 Å². The van der Waals surface area contributed by atoms with Gasteiger partial charge in [0.15, 0.2) is 0 Å². The highest BCUT2D eigenvalue weighted by molar-refractivity contribution is 7.45. The summed E-state index contributed by atoms with van der Waals surface area (Å²) in [7, 11) is -4.64. The van der Waals surface area contributed by atoms with E-state index in [1.807, 2.05) is 0 Å². The van der Waals surface area contributed by atoms with E-state index in [0.29, 0.717) is 12.8 Å². The number of hydrogen-bond donors (Lipinski definition) is 12. The van der Waals surface area contributed by atoms with Crippen LogP contribution in [0, 0.1) is 0 Å². The van der Waals surface area contributed by atoms with Gasteiger partial charge in [0.1, 0.15) is 11.2 Å². The van der Waals surface area contributed by atoms with Gasteiger partial charge in [-0.05, 0) is 64.2 Å². The molecule has 0 unspecified atom stereocenters. The molecular formula is C42H96N3O10P. The van der Waals surface area contributed by atoms with Gasteiger partial charge in [-0.3, -0.25) is 0 Å². The molecule has 0 fully saturated rings. The van der Waals surface area contributed by atoms with Crippen LogP contribution < -0.4 is 18.5 Å². The summed E-state index contributed by atoms with van der Waals surface area (Å²) in [5.41, 5.74) is -2.55. The molecule has 0 amide bonds. The summed E-state index contributed by atoms with van der Waals surface area (Å²) in [5.74, 6) is 0. The summed E-state index contributed by atoms with van der Waals surface area (Å²) < 4.78 is 8.88. The van der Waals surface area contributed by atoms with Crippen LogP contribution in [-0.2, 0) is 4.57 Å². The molecule has 0 atom stereocenters. The van der Waals surface area contributed by atoms with Crippen molar-refractivity contribution in [2.24, 2.45) is 0 Å². The van der Waals surface area contributed by atoms with Gasteiger partial charge >= 0.3 is 7.82 Å². The molecule has 0 saturated heterocycles. The zero-order valence-electron chi connectivity index (χ0n) is 36.4. The first kappa shape index (κ1) is 67.0. The van der Waals surface area contributed by atoms with Gasteiger partial charge in [-0.15, -0.1) is 0 Å². The fourth-order valence-corrected chi connectivity index (χ4v) is 5.82. The second kappa shape index (κ2) is 50.4. The predicted molar refractivity (Wildman–Crippen MR) is 236 cm³/mol. The Morgan fingerprint density at radius 3 is 0.750 bits per heavy atom. The van der Waals surface area contributed by atoms with Gasteiger partial charge in [0.2, 0.25) is 0 Å². The summed E-state index contributed by atoms with van der Waals surface area (Å²) in [6.07, 6.45) is 45.5. The van der Waals surface area contributed by atoms with Crippen LogP contribution in [0.25, 0.3) is 0 Å². The van der Waals surface area contributed by atoms with E-state index < -0.39 is 19.0 Å². The molecule has 344 valence electrons. The van der Waals surface area contributed by atoms with E-state index in [4.69, 9.17) is 39.7 Å². The number of hydrogen-bond acceptors (Lipinski definition) is 10. The molecule has 0 aliphatic rings. The largest absolute Gasteiger partial charge is 0.466 e. The van der Waals surface area contributed by atoms with Crippen molar-refractivity contribution in [1.29, 1.82) is 0 Å². The molecule has 0 rings (SSSR count). The van der Waals surface area contributed by atoms with Crippen LogP contribution in [0.1, 0.15) is 206 Å². The third kappa shape index (κ3) is 59.9. The molecule has 0 radical (unpaired) electrons. The Balaban J connectivity index is -0.000000189. The lowest BCUT2D eigenvalue weighted by molar-refractivity contribution is -0.0616. The Kier molecular flexibility index (Phi) is 60.3. The van der Waals surface area contributed by atoms with Crippen molar-refractivity contribution in [3.05, 3.63) is 24.3 Å². The van der Waals surface area contributed by atoms with Crippen molar-refractivity contribution in [3.8, 4) is 0 Å². The lowest BCUT2D eigenvalue weighted by atomic mass is 9.97. The van der Waals surface area contributed by atoms with Gasteiger partial charge in [-0.25, -0.2) is 4.57 Å². The molecule has 0 saturated carbocycles. The van der Waals surface area contributed by atoms with E-state index in [1.54, 1.807) is 0 Å². The fourth-order valence-electron chi connectivity index (χ4n) is 5.82. The van der Waals surface area contributed by atoms with Crippen LogP contribution in [0.5, 0.6) is 0 Å². The average molecular weight is 834 g/mol. The Hall–Kier alpha value is -0.770. The van der Waals surface area contributed by atoms with E-state index in [-0.39, 0.29) is 44.9 Å². The highest BCUT2D eigenvalue weighted by Crippen LogP contribution is 2.26. The summed E-state index contributed by atoms with van der Waals surface area (Å²) in [4.78, 5) is 21.6. The standard InChI is InChI=1S/2C21H42O3.3H3N.H3O4P/c2*1-2-3-4-5-6-7-8-9-10-11-12-13-14-15-16-17-18-21(24,19-22)20-23;;;;1-5(2,3)4/h2*9-10,22-24H,2-8,11-20H2,1H3;3*1H3;(H3,1,2,3,4)/b2*10-9-;;;;. The fraction of sp³-hybridized carbons (Fsp3) is 0.905. The Labute approximate surface area is 343 Å². The zero-order chi connectivity index (χ0) is 40.4. The van der Waals surface area contributed by atoms with E-state index in [0.717, 1.165) is 25.7 Å². The molecule has 18 N–H and O–H groups in total. The van der Waals surface area contributed by atoms with Gasteiger partial charge in [0.25, 0.3) is 0 Å². The van der Waals surface area contributed by atoms with E-state index >= 15 is 0 Å². The molecule has 13 nitrogen and oxygen atoms in total. The monoisotopic (exact) mass is 834 g/mol. The quantitative estimate of drug-likeness (QED) is 0.0159. The molecule has 0 aliphatic heterocycles. The number of unbranched alkanes of at least 4 members (excludes halogenated alkanes) is 24. The van der Waals surface area contributed by atoms with Gasteiger partial charge in [-0.1, -0.05) is 167 Å². The Morgan fingerprint density at radius 1 is 0.375 bits per heavy atom. The summed E-state index contributed by atoms with van der Waals surface area (Å²) in [6, 6.07) is 0. The molecule has 0 aromatic carbocycles. The minimum absolute atomic E-state index is 0. The van der Waals surface area contributed by atoms with Crippen LogP contribution in [-0.4, -0.2) is 82.9 Å². The second-order valence-electron chi connectivity index (χ2n) is 15.0. The first-order chi connectivity index (χ1) is 25.4. The number of phosphoric acid groups is 1. The van der Waals surface area contributed by atoms with E-state index in [9.17, 15) is 10.2 Å². The lowest BCUT2D eigenvalue weighted by Gasteiger charge is -2.22. The smallest absolute Gasteiger partial charge is 0.393 e. The third-order valence-electron chi connectivity index (χ3n) is 9.49. The highest BCUT2D eigenvalue weighted by atomic mass is 31.2. The minimum atomic E-state index is -4.64. The first-order valence-corrected chi connectivity index (χ1v) is 22.9. The van der Waals surface area contributed by atoms with Gasteiger partial charge in [0.05, 0.1) is 26.4 Å². The van der Waals surface area contributed by atoms with Crippen LogP contribution >= 0.6 is 7.82 Å². The molecule has 0 aliphatic carbocycles. The van der Waals surface area contributed by atoms with Gasteiger partial charge in [-0.2, -0.15) is 0 Å². The maximum atomic E-state index is 9.74. The number of aliphatic hydroxyl groups excluding tert-OH is 4. The SMILES string of the molecule is CCCCCCCC/C=C\CCCCCCCCC(O)(CO)CO.CCCCCCCC/C=C\CCCCCCCCC(O)(CO)CO.N.N.N.O=P(O)(O)O. The van der Waals surface area contributed by atoms with Gasteiger partial charge in [0, 0.05) is 0 Å². The topological polar surface area (TPSA) is 304 Å². The van der Waals surface area contributed by atoms with Crippen LogP contribution in [0.4, 0.5) is 0 Å². The van der Waals surface area contributed by atoms with Crippen molar-refractivity contribution in [2.75, 3.05) is 26.4 Å². The van der Waals surface area contributed by atoms with Crippen molar-refractivity contribution in [2.45, 2.75) is 218 Å². The Bertz CT molecular complexity index is 762. The molecule has 0 aromatic heterocycles. The molecule has 56 heavy (non-hydrogen) atoms. The first-order valence-electron chi connectivity index (χ1n) is 21.3. The van der Waals surface area contributed by atoms with Crippen LogP contribution in [0.3, 0.4) is 0 Å². The molecule has 14 heteroatoms. The van der Waals surface area contributed by atoms with Crippen molar-refractivity contribution < 1.29 is 49.9 Å². The van der Waals surface area contributed by atoms with Crippen LogP contribution in [0.2, 0.25) is 0 Å². The number of aliphatic hydroxyl groups is 6. The molecule has 0 bridgehead atoms. The predicted octanol–water partition coefficient (Wildman–Crippen LogP) is 9.82. The average Bonchev–Trinajstić information content (AvgIpc) is 3.13. The highest BCUT2D eigenvalue weighted by Gasteiger charge is 2.24. The zero-order valence-corrected chi connectivity index (χ0v) is 37.2. The molecular weight excluding hydrogens is 737 g/mol. The molecule has 0 aromatic rings. The summed E-state index contributed by atoms with van der Waals surface area (Å²) in [5, 5.41) is 55.5. The summed E-state index contributed by atoms with van der Waals surface area (Å²) >= 11 is 0. The van der Waals surface area contributed by atoms with E-state index in [1.165, 1.54) is 154 Å². The second-order valence-corrected chi connectivity index (χ2v) is 16.0. The summed E-state index contributed by atoms with van der Waals surface area (Å²) in [6.45, 7) is 3.11. The Morgan fingerprint density at radius 2 is 0.554 bits per heavy atom. The minimum Gasteiger partial charge on any atom is -0.393 e. The normalized spacial score (nSPS) is 11.6. The van der Waals surface area contributed by atoms with Crippen LogP contribution in [0.15, 0.2) is 24.3 Å². The third-order valence-corrected chi connectivity index (χ3v) is 9.49. The maximum Gasteiger partial charge on any atom is 0.466 e. The van der Waals surface area contributed by atoms with Crippen molar-refractivity contribution in [3.63, 3.8) is 0 Å². The van der Waals surface area contributed by atoms with E-state index in [2.05, 4.69) is 38.2 Å². The number of rotatable bonds is 36. The molecule has 0 heterocycles. The van der Waals surface area contributed by atoms with Crippen molar-refractivity contribution in [1.82, 2.24) is 18.5 Å². The maximum absolute atomic E-state index is 9.74.